The number of amides is 1. The van der Waals surface area contributed by atoms with E-state index in [0.717, 1.165) is 0 Å². The first-order valence-corrected chi connectivity index (χ1v) is 10.1. The van der Waals surface area contributed by atoms with Crippen LogP contribution in [0.4, 0.5) is 17.2 Å². The summed E-state index contributed by atoms with van der Waals surface area (Å²) in [6.07, 6.45) is 0. The van der Waals surface area contributed by atoms with Gasteiger partial charge in [-0.25, -0.2) is 4.79 Å². The Bertz CT molecular complexity index is 1030. The average molecular weight is 454 g/mol. The number of aromatic amines is 1. The van der Waals surface area contributed by atoms with Crippen molar-refractivity contribution in [3.8, 4) is 5.75 Å². The molecular formula is C20H28ClN5O5. The summed E-state index contributed by atoms with van der Waals surface area (Å²) in [5.41, 5.74) is 5.22. The van der Waals surface area contributed by atoms with E-state index in [1.165, 1.54) is 23.7 Å². The van der Waals surface area contributed by atoms with Crippen LogP contribution >= 0.6 is 11.6 Å². The van der Waals surface area contributed by atoms with Gasteiger partial charge in [0.05, 0.1) is 31.0 Å². The summed E-state index contributed by atoms with van der Waals surface area (Å²) in [5, 5.41) is 3.35. The normalized spacial score (nSPS) is 10.9. The van der Waals surface area contributed by atoms with Crippen molar-refractivity contribution < 1.29 is 14.3 Å². The molecule has 0 atom stereocenters. The van der Waals surface area contributed by atoms with Crippen LogP contribution in [0.25, 0.3) is 0 Å². The topological polar surface area (TPSA) is 132 Å². The lowest BCUT2D eigenvalue weighted by atomic mass is 10.2. The first-order chi connectivity index (χ1) is 14.7. The van der Waals surface area contributed by atoms with Crippen molar-refractivity contribution in [2.75, 3.05) is 49.9 Å². The number of nitrogens with zero attached hydrogens (tertiary/aromatic N) is 2. The Morgan fingerprint density at radius 2 is 2.03 bits per heavy atom. The Hall–Kier alpha value is -2.98. The lowest BCUT2D eigenvalue weighted by molar-refractivity contribution is -0.117. The van der Waals surface area contributed by atoms with E-state index in [2.05, 4.69) is 10.3 Å². The first-order valence-electron chi connectivity index (χ1n) is 9.69. The fraction of sp³-hybridized carbons (Fsp3) is 0.450. The zero-order valence-corrected chi connectivity index (χ0v) is 18.8. The monoisotopic (exact) mass is 453 g/mol. The number of hydrogen-bond donors (Lipinski definition) is 3. The molecule has 0 aliphatic rings. The predicted octanol–water partition coefficient (Wildman–Crippen LogP) is 1.53. The second kappa shape index (κ2) is 10.9. The van der Waals surface area contributed by atoms with Crippen LogP contribution in [0, 0.1) is 5.92 Å². The molecular weight excluding hydrogens is 426 g/mol. The molecule has 0 radical (unpaired) electrons. The number of H-pyrrole nitrogens is 1. The van der Waals surface area contributed by atoms with Gasteiger partial charge in [-0.05, 0) is 18.1 Å². The van der Waals surface area contributed by atoms with Gasteiger partial charge in [0, 0.05) is 20.2 Å². The van der Waals surface area contributed by atoms with Crippen molar-refractivity contribution in [3.05, 3.63) is 44.1 Å². The number of rotatable bonds is 10. The van der Waals surface area contributed by atoms with Gasteiger partial charge in [0.15, 0.2) is 11.4 Å². The maximum Gasteiger partial charge on any atom is 0.330 e. The Labute approximate surface area is 184 Å². The molecule has 0 spiro atoms. The number of nitrogens with two attached hydrogens (primary N) is 1. The van der Waals surface area contributed by atoms with Crippen molar-refractivity contribution >= 4 is 34.7 Å². The van der Waals surface area contributed by atoms with Gasteiger partial charge in [-0.3, -0.25) is 19.1 Å². The Balaban J connectivity index is 2.40. The van der Waals surface area contributed by atoms with Crippen LogP contribution < -0.4 is 31.9 Å². The number of aromatic nitrogens is 2. The number of nitrogen functional groups attached to an aromatic ring is 1. The van der Waals surface area contributed by atoms with E-state index < -0.39 is 17.2 Å². The van der Waals surface area contributed by atoms with Gasteiger partial charge in [-0.15, -0.1) is 0 Å². The fourth-order valence-corrected chi connectivity index (χ4v) is 3.30. The largest absolute Gasteiger partial charge is 0.493 e. The Morgan fingerprint density at radius 1 is 1.32 bits per heavy atom. The van der Waals surface area contributed by atoms with Crippen LogP contribution in [0.1, 0.15) is 13.8 Å². The number of hydrogen-bond acceptors (Lipinski definition) is 7. The summed E-state index contributed by atoms with van der Waals surface area (Å²) in [5.74, 6) is -0.0413. The van der Waals surface area contributed by atoms with Crippen LogP contribution in [0.2, 0.25) is 5.02 Å². The number of ether oxygens (including phenoxy) is 2. The molecule has 1 aromatic carbocycles. The van der Waals surface area contributed by atoms with Gasteiger partial charge in [0.25, 0.3) is 5.56 Å². The number of carbonyl (C=O) groups excluding carboxylic acids is 1. The zero-order valence-electron chi connectivity index (χ0n) is 18.0. The molecule has 1 amide bonds. The van der Waals surface area contributed by atoms with Crippen molar-refractivity contribution in [3.63, 3.8) is 0 Å². The van der Waals surface area contributed by atoms with E-state index in [1.807, 2.05) is 13.8 Å². The van der Waals surface area contributed by atoms with Crippen LogP contribution in [-0.2, 0) is 16.1 Å². The number of methoxy groups -OCH3 is 2. The second-order valence-electron chi connectivity index (χ2n) is 7.21. The highest BCUT2D eigenvalue weighted by Gasteiger charge is 2.24. The predicted molar refractivity (Wildman–Crippen MR) is 121 cm³/mol. The second-order valence-corrected chi connectivity index (χ2v) is 7.62. The Kier molecular flexibility index (Phi) is 8.52. The van der Waals surface area contributed by atoms with Gasteiger partial charge in [0.2, 0.25) is 5.91 Å². The number of nitrogens with one attached hydrogen (secondary N) is 2. The highest BCUT2D eigenvalue weighted by atomic mass is 35.5. The molecule has 170 valence electrons. The summed E-state index contributed by atoms with van der Waals surface area (Å²) >= 11 is 6.12. The SMILES string of the molecule is COCCN(C(=O)CNc1cccc(Cl)c1OC)c1c(N)n(CC(C)C)c(=O)[nH]c1=O. The lowest BCUT2D eigenvalue weighted by Crippen LogP contribution is -2.44. The average Bonchev–Trinajstić information content (AvgIpc) is 2.71. The molecule has 0 unspecified atom stereocenters. The molecule has 0 aliphatic heterocycles. The summed E-state index contributed by atoms with van der Waals surface area (Å²) in [7, 11) is 2.95. The number of anilines is 3. The van der Waals surface area contributed by atoms with Crippen molar-refractivity contribution in [1.29, 1.82) is 0 Å². The van der Waals surface area contributed by atoms with Gasteiger partial charge in [-0.1, -0.05) is 31.5 Å². The van der Waals surface area contributed by atoms with Gasteiger partial charge in [-0.2, -0.15) is 0 Å². The molecule has 11 heteroatoms. The third kappa shape index (κ3) is 5.80. The van der Waals surface area contributed by atoms with Crippen molar-refractivity contribution in [1.82, 2.24) is 9.55 Å². The lowest BCUT2D eigenvalue weighted by Gasteiger charge is -2.25. The van der Waals surface area contributed by atoms with E-state index in [4.69, 9.17) is 26.8 Å². The van der Waals surface area contributed by atoms with Crippen LogP contribution in [-0.4, -0.2) is 49.4 Å². The maximum absolute atomic E-state index is 13.1. The van der Waals surface area contributed by atoms with Gasteiger partial charge >= 0.3 is 5.69 Å². The third-order valence-corrected chi connectivity index (χ3v) is 4.75. The highest BCUT2D eigenvalue weighted by Crippen LogP contribution is 2.32. The molecule has 2 rings (SSSR count). The van der Waals surface area contributed by atoms with E-state index in [1.54, 1.807) is 18.2 Å². The molecule has 1 aromatic heterocycles. The van der Waals surface area contributed by atoms with Crippen LogP contribution in [0.3, 0.4) is 0 Å². The molecule has 0 saturated carbocycles. The summed E-state index contributed by atoms with van der Waals surface area (Å²) in [4.78, 5) is 41.3. The smallest absolute Gasteiger partial charge is 0.330 e. The minimum Gasteiger partial charge on any atom is -0.493 e. The summed E-state index contributed by atoms with van der Waals surface area (Å²) < 4.78 is 11.6. The van der Waals surface area contributed by atoms with E-state index in [0.29, 0.717) is 23.0 Å². The fourth-order valence-electron chi connectivity index (χ4n) is 3.05. The highest BCUT2D eigenvalue weighted by molar-refractivity contribution is 6.32. The number of halogens is 1. The maximum atomic E-state index is 13.1. The quantitative estimate of drug-likeness (QED) is 0.497. The molecule has 1 heterocycles. The molecule has 10 nitrogen and oxygen atoms in total. The number of carbonyl (C=O) groups is 1. The standard InChI is InChI=1S/C20H28ClN5O5/c1-12(2)11-26-18(22)16(19(28)24-20(26)29)25(8-9-30-3)15(27)10-23-14-7-5-6-13(21)17(14)31-4/h5-7,12,23H,8-11,22H2,1-4H3,(H,24,28,29). The van der Waals surface area contributed by atoms with Crippen molar-refractivity contribution in [2.45, 2.75) is 20.4 Å². The van der Waals surface area contributed by atoms with Crippen molar-refractivity contribution in [2.24, 2.45) is 5.92 Å². The summed E-state index contributed by atoms with van der Waals surface area (Å²) in [6, 6.07) is 5.09. The Morgan fingerprint density at radius 3 is 2.65 bits per heavy atom. The van der Waals surface area contributed by atoms with E-state index >= 15 is 0 Å². The summed E-state index contributed by atoms with van der Waals surface area (Å²) in [6.45, 7) is 4.16. The first kappa shape index (κ1) is 24.3. The zero-order chi connectivity index (χ0) is 23.1. The molecule has 0 aliphatic carbocycles. The van der Waals surface area contributed by atoms with Gasteiger partial charge < -0.3 is 25.4 Å². The molecule has 0 fully saturated rings. The number of para-hydroxylation sites is 1. The molecule has 0 saturated heterocycles. The molecule has 0 bridgehead atoms. The molecule has 2 aromatic rings. The number of benzene rings is 1. The molecule has 31 heavy (non-hydrogen) atoms. The minimum absolute atomic E-state index is 0.0663. The van der Waals surface area contributed by atoms with E-state index in [9.17, 15) is 14.4 Å². The van der Waals surface area contributed by atoms with Gasteiger partial charge in [0.1, 0.15) is 5.82 Å². The third-order valence-electron chi connectivity index (χ3n) is 4.45. The molecule has 4 N–H and O–H groups in total. The van der Waals surface area contributed by atoms with Crippen LogP contribution in [0.5, 0.6) is 5.75 Å². The minimum atomic E-state index is -0.743. The van der Waals surface area contributed by atoms with E-state index in [-0.39, 0.29) is 37.1 Å². The van der Waals surface area contributed by atoms with Crippen LogP contribution in [0.15, 0.2) is 27.8 Å².